The number of aliphatic hydroxyl groups is 1. The van der Waals surface area contributed by atoms with Crippen molar-refractivity contribution in [3.05, 3.63) is 35.4 Å². The first-order valence-electron chi connectivity index (χ1n) is 6.99. The number of fused-ring (bicyclic) bond motifs is 1. The Bertz CT molecular complexity index is 329. The van der Waals surface area contributed by atoms with Crippen LogP contribution in [0.5, 0.6) is 0 Å². The van der Waals surface area contributed by atoms with Gasteiger partial charge in [0.15, 0.2) is 0 Å². The molecule has 0 spiro atoms. The van der Waals surface area contributed by atoms with Crippen LogP contribution >= 0.6 is 0 Å². The van der Waals surface area contributed by atoms with Crippen molar-refractivity contribution in [1.29, 1.82) is 0 Å². The van der Waals surface area contributed by atoms with E-state index in [9.17, 15) is 5.11 Å². The topological polar surface area (TPSA) is 20.2 Å². The summed E-state index contributed by atoms with van der Waals surface area (Å²) in [6.45, 7) is 4.45. The van der Waals surface area contributed by atoms with Gasteiger partial charge in [0.1, 0.15) is 0 Å². The van der Waals surface area contributed by atoms with Gasteiger partial charge in [0, 0.05) is 0 Å². The van der Waals surface area contributed by atoms with Crippen molar-refractivity contribution in [2.75, 3.05) is 0 Å². The molecule has 1 unspecified atom stereocenters. The molecule has 2 rings (SSSR count). The van der Waals surface area contributed by atoms with E-state index in [1.807, 2.05) is 0 Å². The molecule has 1 aromatic rings. The fourth-order valence-corrected chi connectivity index (χ4v) is 3.02. The van der Waals surface area contributed by atoms with Crippen molar-refractivity contribution in [2.24, 2.45) is 11.8 Å². The molecule has 0 amide bonds. The molecule has 1 aromatic carbocycles. The summed E-state index contributed by atoms with van der Waals surface area (Å²) in [5, 5.41) is 10.4. The first-order valence-corrected chi connectivity index (χ1v) is 6.99. The number of hydrogen-bond donors (Lipinski definition) is 1. The minimum atomic E-state index is -0.118. The second-order valence-electron chi connectivity index (χ2n) is 5.42. The van der Waals surface area contributed by atoms with Gasteiger partial charge in [-0.3, -0.25) is 0 Å². The van der Waals surface area contributed by atoms with E-state index < -0.39 is 0 Å². The first-order chi connectivity index (χ1) is 8.24. The molecule has 1 nitrogen and oxygen atoms in total. The molecule has 1 aliphatic carbocycles. The Balaban J connectivity index is 1.93. The van der Waals surface area contributed by atoms with Gasteiger partial charge in [-0.15, -0.1) is 0 Å². The molecule has 0 fully saturated rings. The van der Waals surface area contributed by atoms with Crippen molar-refractivity contribution >= 4 is 0 Å². The molecule has 0 saturated heterocycles. The summed E-state index contributed by atoms with van der Waals surface area (Å²) in [7, 11) is 0. The summed E-state index contributed by atoms with van der Waals surface area (Å²) in [4.78, 5) is 0. The van der Waals surface area contributed by atoms with Gasteiger partial charge in [-0.25, -0.2) is 0 Å². The third-order valence-corrected chi connectivity index (χ3v) is 4.36. The average Bonchev–Trinajstić information content (AvgIpc) is 2.79. The van der Waals surface area contributed by atoms with Gasteiger partial charge in [-0.1, -0.05) is 51.0 Å². The molecule has 0 radical (unpaired) electrons. The van der Waals surface area contributed by atoms with Crippen molar-refractivity contribution < 1.29 is 5.11 Å². The predicted octanol–water partition coefficient (Wildman–Crippen LogP) is 3.59. The van der Waals surface area contributed by atoms with Crippen LogP contribution in [-0.2, 0) is 12.8 Å². The Morgan fingerprint density at radius 2 is 1.65 bits per heavy atom. The maximum atomic E-state index is 10.4. The summed E-state index contributed by atoms with van der Waals surface area (Å²) in [6.07, 6.45) is 5.37. The van der Waals surface area contributed by atoms with E-state index in [1.165, 1.54) is 24.0 Å². The summed E-state index contributed by atoms with van der Waals surface area (Å²) in [6, 6.07) is 8.63. The third-order valence-electron chi connectivity index (χ3n) is 4.36. The zero-order valence-corrected chi connectivity index (χ0v) is 11.0. The normalized spacial score (nSPS) is 17.4. The molecule has 17 heavy (non-hydrogen) atoms. The lowest BCUT2D eigenvalue weighted by Gasteiger charge is -2.22. The van der Waals surface area contributed by atoms with Crippen LogP contribution in [0, 0.1) is 11.8 Å². The largest absolute Gasteiger partial charge is 0.393 e. The fourth-order valence-electron chi connectivity index (χ4n) is 3.02. The van der Waals surface area contributed by atoms with Crippen LogP contribution in [0.4, 0.5) is 0 Å². The van der Waals surface area contributed by atoms with Gasteiger partial charge in [0.25, 0.3) is 0 Å². The molecule has 1 aliphatic rings. The molecule has 1 atom stereocenters. The van der Waals surface area contributed by atoms with Crippen LogP contribution in [0.25, 0.3) is 0 Å². The van der Waals surface area contributed by atoms with Crippen molar-refractivity contribution in [2.45, 2.75) is 52.1 Å². The number of rotatable bonds is 5. The molecule has 1 heteroatoms. The van der Waals surface area contributed by atoms with Gasteiger partial charge in [0.05, 0.1) is 6.10 Å². The van der Waals surface area contributed by atoms with E-state index in [0.717, 1.165) is 19.3 Å². The quantitative estimate of drug-likeness (QED) is 0.822. The van der Waals surface area contributed by atoms with E-state index in [-0.39, 0.29) is 6.10 Å². The Labute approximate surface area is 105 Å². The third kappa shape index (κ3) is 2.90. The van der Waals surface area contributed by atoms with Crippen molar-refractivity contribution in [1.82, 2.24) is 0 Å². The zero-order valence-electron chi connectivity index (χ0n) is 11.0. The standard InChI is InChI=1S/C16H24O/c1-3-12(4-2)9-16(17)15-10-13-7-5-6-8-14(13)11-15/h5-8,12,15-17H,3-4,9-11H2,1-2H3. The highest BCUT2D eigenvalue weighted by Crippen LogP contribution is 2.31. The molecule has 0 bridgehead atoms. The number of hydrogen-bond acceptors (Lipinski definition) is 1. The Hall–Kier alpha value is -0.820. The Kier molecular flexibility index (Phi) is 4.22. The number of aliphatic hydroxyl groups excluding tert-OH is 1. The molecule has 1 N–H and O–H groups in total. The van der Waals surface area contributed by atoms with E-state index in [4.69, 9.17) is 0 Å². The smallest absolute Gasteiger partial charge is 0.0577 e. The first kappa shape index (κ1) is 12.6. The molecular weight excluding hydrogens is 208 g/mol. The molecule has 0 heterocycles. The van der Waals surface area contributed by atoms with E-state index in [2.05, 4.69) is 38.1 Å². The van der Waals surface area contributed by atoms with Crippen molar-refractivity contribution in [3.63, 3.8) is 0 Å². The molecule has 0 saturated carbocycles. The fraction of sp³-hybridized carbons (Fsp3) is 0.625. The Morgan fingerprint density at radius 3 is 2.12 bits per heavy atom. The molecular formula is C16H24O. The SMILES string of the molecule is CCC(CC)CC(O)C1Cc2ccccc2C1. The van der Waals surface area contributed by atoms with Crippen LogP contribution < -0.4 is 0 Å². The highest BCUT2D eigenvalue weighted by Gasteiger charge is 2.28. The van der Waals surface area contributed by atoms with Gasteiger partial charge < -0.3 is 5.11 Å². The van der Waals surface area contributed by atoms with Crippen LogP contribution in [0.3, 0.4) is 0 Å². The second-order valence-corrected chi connectivity index (χ2v) is 5.42. The van der Waals surface area contributed by atoms with Crippen LogP contribution in [-0.4, -0.2) is 11.2 Å². The summed E-state index contributed by atoms with van der Waals surface area (Å²) in [5.74, 6) is 1.14. The van der Waals surface area contributed by atoms with Crippen molar-refractivity contribution in [3.8, 4) is 0 Å². The van der Waals surface area contributed by atoms with Gasteiger partial charge in [-0.05, 0) is 42.2 Å². The minimum Gasteiger partial charge on any atom is -0.393 e. The zero-order chi connectivity index (χ0) is 12.3. The lowest BCUT2D eigenvalue weighted by atomic mass is 9.88. The van der Waals surface area contributed by atoms with Gasteiger partial charge >= 0.3 is 0 Å². The van der Waals surface area contributed by atoms with Gasteiger partial charge in [-0.2, -0.15) is 0 Å². The van der Waals surface area contributed by atoms with Crippen LogP contribution in [0.2, 0.25) is 0 Å². The maximum absolute atomic E-state index is 10.4. The van der Waals surface area contributed by atoms with E-state index in [0.29, 0.717) is 11.8 Å². The van der Waals surface area contributed by atoms with E-state index >= 15 is 0 Å². The predicted molar refractivity (Wildman–Crippen MR) is 72.0 cm³/mol. The van der Waals surface area contributed by atoms with Crippen LogP contribution in [0.1, 0.15) is 44.2 Å². The van der Waals surface area contributed by atoms with E-state index in [1.54, 1.807) is 0 Å². The Morgan fingerprint density at radius 1 is 1.12 bits per heavy atom. The monoisotopic (exact) mass is 232 g/mol. The van der Waals surface area contributed by atoms with Gasteiger partial charge in [0.2, 0.25) is 0 Å². The molecule has 0 aliphatic heterocycles. The molecule has 0 aromatic heterocycles. The minimum absolute atomic E-state index is 0.118. The summed E-state index contributed by atoms with van der Waals surface area (Å²) in [5.41, 5.74) is 2.89. The maximum Gasteiger partial charge on any atom is 0.0577 e. The summed E-state index contributed by atoms with van der Waals surface area (Å²) < 4.78 is 0. The lowest BCUT2D eigenvalue weighted by molar-refractivity contribution is 0.0840. The molecule has 94 valence electrons. The second kappa shape index (κ2) is 5.68. The number of benzene rings is 1. The lowest BCUT2D eigenvalue weighted by Crippen LogP contribution is -2.23. The highest BCUT2D eigenvalue weighted by atomic mass is 16.3. The van der Waals surface area contributed by atoms with Crippen LogP contribution in [0.15, 0.2) is 24.3 Å². The highest BCUT2D eigenvalue weighted by molar-refractivity contribution is 5.32. The summed E-state index contributed by atoms with van der Waals surface area (Å²) >= 11 is 0. The average molecular weight is 232 g/mol.